The lowest BCUT2D eigenvalue weighted by molar-refractivity contribution is -0.245. The Labute approximate surface area is 242 Å². The third-order valence-corrected chi connectivity index (χ3v) is 8.04. The summed E-state index contributed by atoms with van der Waals surface area (Å²) in [4.78, 5) is 32.2. The number of halogens is 1. The van der Waals surface area contributed by atoms with Crippen LogP contribution in [0.5, 0.6) is 17.2 Å². The first-order valence-electron chi connectivity index (χ1n) is 12.9. The van der Waals surface area contributed by atoms with Gasteiger partial charge in [-0.3, -0.25) is 9.59 Å². The van der Waals surface area contributed by atoms with E-state index < -0.39 is 59.3 Å². The van der Waals surface area contributed by atoms with Crippen LogP contribution in [0.2, 0.25) is 0 Å². The van der Waals surface area contributed by atoms with Crippen molar-refractivity contribution in [3.8, 4) is 17.2 Å². The molecule has 12 nitrogen and oxygen atoms in total. The number of phenolic OH excluding ortho intramolecular Hbond substituents is 2. The van der Waals surface area contributed by atoms with E-state index in [2.05, 4.69) is 5.16 Å². The number of hydrogen-bond donors (Lipinski definition) is 5. The summed E-state index contributed by atoms with van der Waals surface area (Å²) < 4.78 is 17.3. The van der Waals surface area contributed by atoms with E-state index in [-0.39, 0.29) is 76.5 Å². The van der Waals surface area contributed by atoms with Crippen molar-refractivity contribution < 1.29 is 49.1 Å². The first-order chi connectivity index (χ1) is 18.9. The van der Waals surface area contributed by atoms with Gasteiger partial charge in [-0.15, -0.1) is 12.4 Å². The highest BCUT2D eigenvalue weighted by atomic mass is 35.5. The SMILES string of the molecule is CO/N=C(/C)C1(O)Cc2c(O)c3c(c(O)c2C(OC2CC(N)C(O)C(C)O2)C1)C(=O)c1c(OC)cccc1C3=O.Cl. The van der Waals surface area contributed by atoms with Crippen molar-refractivity contribution in [2.24, 2.45) is 10.9 Å². The molecule has 2 aromatic carbocycles. The van der Waals surface area contributed by atoms with Crippen LogP contribution in [0.3, 0.4) is 0 Å². The molecule has 2 aliphatic carbocycles. The number of oxime groups is 1. The van der Waals surface area contributed by atoms with Crippen LogP contribution in [0, 0.1) is 0 Å². The molecule has 1 saturated heterocycles. The van der Waals surface area contributed by atoms with Crippen molar-refractivity contribution in [2.45, 2.75) is 69.4 Å². The molecule has 6 N–H and O–H groups in total. The molecule has 6 unspecified atom stereocenters. The Morgan fingerprint density at radius 3 is 2.44 bits per heavy atom. The van der Waals surface area contributed by atoms with Crippen LogP contribution < -0.4 is 10.5 Å². The second-order valence-electron chi connectivity index (χ2n) is 10.4. The molecular formula is C28H33ClN2O10. The second kappa shape index (κ2) is 11.2. The number of nitrogens with zero attached hydrogens (tertiary/aromatic N) is 1. The number of nitrogens with two attached hydrogens (primary N) is 1. The van der Waals surface area contributed by atoms with Gasteiger partial charge in [0.05, 0.1) is 47.8 Å². The number of phenols is 2. The van der Waals surface area contributed by atoms with E-state index in [4.69, 9.17) is 24.8 Å². The van der Waals surface area contributed by atoms with E-state index in [1.807, 2.05) is 0 Å². The molecule has 3 aliphatic rings. The van der Waals surface area contributed by atoms with Crippen molar-refractivity contribution in [1.29, 1.82) is 0 Å². The molecule has 0 amide bonds. The molecule has 1 fully saturated rings. The monoisotopic (exact) mass is 592 g/mol. The Kier molecular flexibility index (Phi) is 8.38. The fourth-order valence-electron chi connectivity index (χ4n) is 5.89. The predicted octanol–water partition coefficient (Wildman–Crippen LogP) is 1.88. The molecule has 41 heavy (non-hydrogen) atoms. The minimum atomic E-state index is -1.73. The number of methoxy groups -OCH3 is 1. The Balaban J connectivity index is 0.00000387. The fourth-order valence-corrected chi connectivity index (χ4v) is 5.89. The standard InChI is InChI=1S/C28H32N2O10.ClH/c1-11-23(31)15(29)8-18(39-11)40-17-10-28(36,12(2)30-38-4)9-14-20(17)27(35)22-21(25(14)33)24(32)13-6-5-7-16(37-3)19(13)26(22)34;/h5-7,11,15,17-18,23,31,33,35-36H,8-10,29H2,1-4H3;1H/b30-12-;. The molecule has 222 valence electrons. The van der Waals surface area contributed by atoms with Gasteiger partial charge in [-0.2, -0.15) is 0 Å². The second-order valence-corrected chi connectivity index (χ2v) is 10.4. The lowest BCUT2D eigenvalue weighted by atomic mass is 9.72. The zero-order valence-corrected chi connectivity index (χ0v) is 23.7. The summed E-state index contributed by atoms with van der Waals surface area (Å²) in [6.45, 7) is 3.17. The quantitative estimate of drug-likeness (QED) is 0.165. The third kappa shape index (κ3) is 4.84. The van der Waals surface area contributed by atoms with Crippen LogP contribution in [0.1, 0.15) is 75.8 Å². The smallest absolute Gasteiger partial charge is 0.202 e. The van der Waals surface area contributed by atoms with Gasteiger partial charge in [0, 0.05) is 42.0 Å². The third-order valence-electron chi connectivity index (χ3n) is 8.04. The highest BCUT2D eigenvalue weighted by Crippen LogP contribution is 2.52. The average Bonchev–Trinajstić information content (AvgIpc) is 2.91. The molecule has 0 aromatic heterocycles. The number of hydrogen-bond acceptors (Lipinski definition) is 12. The van der Waals surface area contributed by atoms with Gasteiger partial charge in [0.25, 0.3) is 0 Å². The number of carbonyl (C=O) groups excluding carboxylic acids is 2. The van der Waals surface area contributed by atoms with E-state index in [0.29, 0.717) is 0 Å². The zero-order chi connectivity index (χ0) is 29.1. The Hall–Kier alpha value is -3.26. The maximum absolute atomic E-state index is 13.7. The van der Waals surface area contributed by atoms with Crippen molar-refractivity contribution in [1.82, 2.24) is 0 Å². The summed E-state index contributed by atoms with van der Waals surface area (Å²) in [5.41, 5.74) is 3.77. The molecule has 1 heterocycles. The molecule has 0 radical (unpaired) electrons. The molecule has 13 heteroatoms. The van der Waals surface area contributed by atoms with E-state index in [9.17, 15) is 30.0 Å². The number of aromatic hydroxyl groups is 2. The first-order valence-corrected chi connectivity index (χ1v) is 12.9. The first kappa shape index (κ1) is 30.7. The van der Waals surface area contributed by atoms with Gasteiger partial charge < -0.3 is 45.2 Å². The lowest BCUT2D eigenvalue weighted by Gasteiger charge is -2.42. The number of rotatable bonds is 5. The maximum Gasteiger partial charge on any atom is 0.202 e. The van der Waals surface area contributed by atoms with Crippen LogP contribution >= 0.6 is 12.4 Å². The number of ether oxygens (including phenoxy) is 3. The van der Waals surface area contributed by atoms with E-state index in [1.54, 1.807) is 13.0 Å². The summed E-state index contributed by atoms with van der Waals surface area (Å²) in [6.07, 6.45) is -4.02. The van der Waals surface area contributed by atoms with Gasteiger partial charge in [-0.05, 0) is 19.9 Å². The van der Waals surface area contributed by atoms with Crippen LogP contribution in [0.15, 0.2) is 23.4 Å². The topological polar surface area (TPSA) is 190 Å². The molecule has 0 spiro atoms. The van der Waals surface area contributed by atoms with E-state index in [0.717, 1.165) is 0 Å². The maximum atomic E-state index is 13.7. The molecule has 5 rings (SSSR count). The number of fused-ring (bicyclic) bond motifs is 3. The lowest BCUT2D eigenvalue weighted by Crippen LogP contribution is -2.52. The van der Waals surface area contributed by atoms with Gasteiger partial charge >= 0.3 is 0 Å². The van der Waals surface area contributed by atoms with Gasteiger partial charge in [0.2, 0.25) is 5.78 Å². The zero-order valence-electron chi connectivity index (χ0n) is 22.9. The predicted molar refractivity (Wildman–Crippen MR) is 147 cm³/mol. The van der Waals surface area contributed by atoms with Crippen LogP contribution in [0.4, 0.5) is 0 Å². The largest absolute Gasteiger partial charge is 0.507 e. The van der Waals surface area contributed by atoms with Crippen LogP contribution in [0.25, 0.3) is 0 Å². The number of aliphatic hydroxyl groups excluding tert-OH is 1. The molecule has 0 saturated carbocycles. The van der Waals surface area contributed by atoms with Crippen molar-refractivity contribution in [3.05, 3.63) is 51.6 Å². The molecular weight excluding hydrogens is 560 g/mol. The molecule has 1 aliphatic heterocycles. The van der Waals surface area contributed by atoms with Gasteiger partial charge in [0.15, 0.2) is 12.1 Å². The summed E-state index contributed by atoms with van der Waals surface area (Å²) in [5.74, 6) is -2.36. The van der Waals surface area contributed by atoms with E-state index in [1.165, 1.54) is 33.3 Å². The van der Waals surface area contributed by atoms with Crippen LogP contribution in [-0.2, 0) is 20.7 Å². The number of ketones is 2. The Morgan fingerprint density at radius 2 is 1.80 bits per heavy atom. The summed E-state index contributed by atoms with van der Waals surface area (Å²) >= 11 is 0. The molecule has 0 bridgehead atoms. The molecule has 2 aromatic rings. The van der Waals surface area contributed by atoms with Crippen molar-refractivity contribution in [2.75, 3.05) is 14.2 Å². The van der Waals surface area contributed by atoms with Gasteiger partial charge in [-0.25, -0.2) is 0 Å². The minimum Gasteiger partial charge on any atom is -0.507 e. The average molecular weight is 593 g/mol. The number of benzene rings is 2. The highest BCUT2D eigenvalue weighted by molar-refractivity contribution is 6.31. The normalized spacial score (nSPS) is 29.1. The number of carbonyl (C=O) groups is 2. The van der Waals surface area contributed by atoms with Crippen molar-refractivity contribution >= 4 is 29.7 Å². The van der Waals surface area contributed by atoms with Crippen molar-refractivity contribution in [3.63, 3.8) is 0 Å². The highest BCUT2D eigenvalue weighted by Gasteiger charge is 2.49. The Bertz CT molecular complexity index is 1420. The van der Waals surface area contributed by atoms with Gasteiger partial charge in [-0.1, -0.05) is 17.3 Å². The molecule has 6 atom stereocenters. The minimum absolute atomic E-state index is 0. The summed E-state index contributed by atoms with van der Waals surface area (Å²) in [7, 11) is 2.67. The number of aliphatic hydroxyl groups is 2. The van der Waals surface area contributed by atoms with E-state index >= 15 is 0 Å². The fraction of sp³-hybridized carbons (Fsp3) is 0.464. The summed E-state index contributed by atoms with van der Waals surface area (Å²) in [5, 5.41) is 48.8. The Morgan fingerprint density at radius 1 is 1.12 bits per heavy atom. The van der Waals surface area contributed by atoms with Crippen LogP contribution in [-0.4, -0.2) is 82.1 Å². The summed E-state index contributed by atoms with van der Waals surface area (Å²) in [6, 6.07) is 3.84. The van der Waals surface area contributed by atoms with Gasteiger partial charge in [0.1, 0.15) is 30.0 Å².